The van der Waals surface area contributed by atoms with Crippen LogP contribution in [-0.4, -0.2) is 28.5 Å². The van der Waals surface area contributed by atoms with Gasteiger partial charge in [0.05, 0.1) is 22.2 Å². The van der Waals surface area contributed by atoms with Crippen molar-refractivity contribution in [2.24, 2.45) is 4.99 Å². The highest BCUT2D eigenvalue weighted by Gasteiger charge is 2.13. The summed E-state index contributed by atoms with van der Waals surface area (Å²) in [6.07, 6.45) is 2.81. The van der Waals surface area contributed by atoms with E-state index >= 15 is 0 Å². The molecule has 0 fully saturated rings. The number of rotatable bonds is 5. The second kappa shape index (κ2) is 8.83. The number of esters is 1. The number of carbonyl (C=O) groups excluding carboxylic acids is 2. The zero-order chi connectivity index (χ0) is 21.8. The number of carbonyl (C=O) groups is 2. The van der Waals surface area contributed by atoms with Crippen molar-refractivity contribution >= 4 is 45.2 Å². The molecule has 154 valence electrons. The monoisotopic (exact) mass is 425 g/mol. The molecule has 3 rings (SSSR count). The third kappa shape index (κ3) is 4.69. The van der Waals surface area contributed by atoms with Gasteiger partial charge < -0.3 is 9.30 Å². The number of hydrogen-bond acceptors (Lipinski definition) is 6. The third-order valence-corrected chi connectivity index (χ3v) is 5.59. The molecule has 2 aromatic carbocycles. The van der Waals surface area contributed by atoms with Gasteiger partial charge >= 0.3 is 5.97 Å². The van der Waals surface area contributed by atoms with Gasteiger partial charge in [-0.2, -0.15) is 4.99 Å². The summed E-state index contributed by atoms with van der Waals surface area (Å²) in [5.74, 6) is -0.947. The van der Waals surface area contributed by atoms with Gasteiger partial charge in [-0.25, -0.2) is 0 Å². The van der Waals surface area contributed by atoms with E-state index in [1.165, 1.54) is 42.7 Å². The molecule has 0 N–H and O–H groups in total. The highest BCUT2D eigenvalue weighted by molar-refractivity contribution is 7.16. The Kier molecular flexibility index (Phi) is 6.22. The van der Waals surface area contributed by atoms with Crippen molar-refractivity contribution in [3.05, 3.63) is 74.1 Å². The summed E-state index contributed by atoms with van der Waals surface area (Å²) in [6, 6.07) is 9.79. The molecule has 0 saturated heterocycles. The van der Waals surface area contributed by atoms with Crippen LogP contribution in [0.25, 0.3) is 16.3 Å². The number of ether oxygens (including phenoxy) is 1. The number of nitro groups is 1. The summed E-state index contributed by atoms with van der Waals surface area (Å²) in [5.41, 5.74) is 3.49. The number of aryl methyl sites for hydroxylation is 2. The van der Waals surface area contributed by atoms with Gasteiger partial charge in [0.25, 0.3) is 11.6 Å². The number of nitrogens with zero attached hydrogens (tertiary/aromatic N) is 3. The fourth-order valence-corrected chi connectivity index (χ4v) is 4.04. The van der Waals surface area contributed by atoms with Crippen molar-refractivity contribution in [3.8, 4) is 0 Å². The number of benzene rings is 2. The number of amides is 1. The number of non-ortho nitro benzene ring substituents is 1. The van der Waals surface area contributed by atoms with Crippen molar-refractivity contribution in [2.45, 2.75) is 20.4 Å². The van der Waals surface area contributed by atoms with Crippen LogP contribution in [0.5, 0.6) is 0 Å². The van der Waals surface area contributed by atoms with Crippen molar-refractivity contribution in [1.82, 2.24) is 4.57 Å². The Morgan fingerprint density at radius 1 is 1.23 bits per heavy atom. The van der Waals surface area contributed by atoms with Gasteiger partial charge in [0, 0.05) is 18.2 Å². The Balaban J connectivity index is 1.98. The Morgan fingerprint density at radius 2 is 1.93 bits per heavy atom. The SMILES string of the molecule is COC(=O)Cn1c(=NC(=O)C=Cc2ccc([N+](=O)[O-])cc2)sc2c(C)cc(C)cc21. The molecular formula is C21H19N3O5S. The maximum absolute atomic E-state index is 12.4. The Hall–Kier alpha value is -3.59. The van der Waals surface area contributed by atoms with Gasteiger partial charge in [-0.15, -0.1) is 0 Å². The van der Waals surface area contributed by atoms with Crippen molar-refractivity contribution in [1.29, 1.82) is 0 Å². The van der Waals surface area contributed by atoms with E-state index in [0.717, 1.165) is 21.3 Å². The number of methoxy groups -OCH3 is 1. The second-order valence-electron chi connectivity index (χ2n) is 6.61. The molecule has 0 aliphatic heterocycles. The van der Waals surface area contributed by atoms with Crippen LogP contribution in [0.3, 0.4) is 0 Å². The minimum Gasteiger partial charge on any atom is -0.468 e. The lowest BCUT2D eigenvalue weighted by molar-refractivity contribution is -0.384. The molecule has 0 spiro atoms. The largest absolute Gasteiger partial charge is 0.468 e. The Bertz CT molecular complexity index is 1240. The van der Waals surface area contributed by atoms with E-state index in [2.05, 4.69) is 4.99 Å². The van der Waals surface area contributed by atoms with Crippen LogP contribution in [0.4, 0.5) is 5.69 Å². The molecular weight excluding hydrogens is 406 g/mol. The highest BCUT2D eigenvalue weighted by Crippen LogP contribution is 2.23. The molecule has 0 radical (unpaired) electrons. The number of thiazole rings is 1. The van der Waals surface area contributed by atoms with E-state index in [-0.39, 0.29) is 12.2 Å². The molecule has 30 heavy (non-hydrogen) atoms. The van der Waals surface area contributed by atoms with Crippen LogP contribution in [0.15, 0.2) is 47.5 Å². The molecule has 0 unspecified atom stereocenters. The lowest BCUT2D eigenvalue weighted by Crippen LogP contribution is -2.22. The molecule has 8 nitrogen and oxygen atoms in total. The molecule has 0 aliphatic rings. The Morgan fingerprint density at radius 3 is 2.57 bits per heavy atom. The first-order valence-electron chi connectivity index (χ1n) is 8.97. The molecule has 1 aromatic heterocycles. The van der Waals surface area contributed by atoms with Gasteiger partial charge in [-0.3, -0.25) is 19.7 Å². The zero-order valence-corrected chi connectivity index (χ0v) is 17.4. The smallest absolute Gasteiger partial charge is 0.325 e. The average Bonchev–Trinajstić information content (AvgIpc) is 3.04. The lowest BCUT2D eigenvalue weighted by Gasteiger charge is -2.05. The number of hydrogen-bond donors (Lipinski definition) is 0. The highest BCUT2D eigenvalue weighted by atomic mass is 32.1. The number of fused-ring (bicyclic) bond motifs is 1. The van der Waals surface area contributed by atoms with E-state index in [1.54, 1.807) is 16.7 Å². The van der Waals surface area contributed by atoms with Gasteiger partial charge in [-0.1, -0.05) is 17.4 Å². The van der Waals surface area contributed by atoms with Crippen molar-refractivity contribution in [2.75, 3.05) is 7.11 Å². The van der Waals surface area contributed by atoms with E-state index in [1.807, 2.05) is 26.0 Å². The maximum Gasteiger partial charge on any atom is 0.325 e. The minimum absolute atomic E-state index is 0.0250. The fourth-order valence-electron chi connectivity index (χ4n) is 2.95. The predicted octanol–water partition coefficient (Wildman–Crippen LogP) is 3.54. The second-order valence-corrected chi connectivity index (χ2v) is 7.59. The summed E-state index contributed by atoms with van der Waals surface area (Å²) in [5, 5.41) is 10.7. The zero-order valence-electron chi connectivity index (χ0n) is 16.6. The van der Waals surface area contributed by atoms with E-state index in [0.29, 0.717) is 10.4 Å². The maximum atomic E-state index is 12.4. The normalized spacial score (nSPS) is 11.9. The van der Waals surface area contributed by atoms with Crippen LogP contribution in [0, 0.1) is 24.0 Å². The quantitative estimate of drug-likeness (QED) is 0.269. The molecule has 0 saturated carbocycles. The summed E-state index contributed by atoms with van der Waals surface area (Å²) >= 11 is 1.33. The average molecular weight is 425 g/mol. The number of aromatic nitrogens is 1. The van der Waals surface area contributed by atoms with Crippen LogP contribution < -0.4 is 4.80 Å². The van der Waals surface area contributed by atoms with Crippen LogP contribution in [-0.2, 0) is 20.9 Å². The standard InChI is InChI=1S/C21H19N3O5S/c1-13-10-14(2)20-17(11-13)23(12-19(26)29-3)21(30-20)22-18(25)9-6-15-4-7-16(8-5-15)24(27)28/h4-11H,12H2,1-3H3. The van der Waals surface area contributed by atoms with Crippen molar-refractivity contribution in [3.63, 3.8) is 0 Å². The molecule has 1 amide bonds. The number of nitro benzene ring substituents is 1. The van der Waals surface area contributed by atoms with E-state index < -0.39 is 16.8 Å². The Labute approximate surface area is 175 Å². The van der Waals surface area contributed by atoms with E-state index in [4.69, 9.17) is 4.74 Å². The first-order valence-corrected chi connectivity index (χ1v) is 9.79. The molecule has 0 aliphatic carbocycles. The van der Waals surface area contributed by atoms with Gasteiger partial charge in [0.15, 0.2) is 4.80 Å². The summed E-state index contributed by atoms with van der Waals surface area (Å²) in [6.45, 7) is 3.87. The van der Waals surface area contributed by atoms with Crippen LogP contribution >= 0.6 is 11.3 Å². The minimum atomic E-state index is -0.507. The van der Waals surface area contributed by atoms with Gasteiger partial charge in [0.1, 0.15) is 6.54 Å². The molecule has 9 heteroatoms. The summed E-state index contributed by atoms with van der Waals surface area (Å²) in [4.78, 5) is 39.1. The predicted molar refractivity (Wildman–Crippen MR) is 114 cm³/mol. The molecule has 3 aromatic rings. The van der Waals surface area contributed by atoms with Crippen LogP contribution in [0.2, 0.25) is 0 Å². The lowest BCUT2D eigenvalue weighted by atomic mass is 10.1. The third-order valence-electron chi connectivity index (χ3n) is 4.36. The summed E-state index contributed by atoms with van der Waals surface area (Å²) in [7, 11) is 1.31. The fraction of sp³-hybridized carbons (Fsp3) is 0.190. The van der Waals surface area contributed by atoms with E-state index in [9.17, 15) is 19.7 Å². The van der Waals surface area contributed by atoms with Gasteiger partial charge in [0.2, 0.25) is 0 Å². The van der Waals surface area contributed by atoms with Crippen LogP contribution in [0.1, 0.15) is 16.7 Å². The molecule has 1 heterocycles. The molecule has 0 atom stereocenters. The van der Waals surface area contributed by atoms with Crippen molar-refractivity contribution < 1.29 is 19.2 Å². The first-order chi connectivity index (χ1) is 14.3. The first kappa shape index (κ1) is 21.1. The topological polar surface area (TPSA) is 104 Å². The van der Waals surface area contributed by atoms with Gasteiger partial charge in [-0.05, 0) is 54.8 Å². The summed E-state index contributed by atoms with van der Waals surface area (Å²) < 4.78 is 7.39. The molecule has 0 bridgehead atoms.